The van der Waals surface area contributed by atoms with Gasteiger partial charge in [0.05, 0.1) is 26.5 Å². The van der Waals surface area contributed by atoms with Crippen LogP contribution in [0.2, 0.25) is 0 Å². The molecule has 2 fully saturated rings. The van der Waals surface area contributed by atoms with Crippen molar-refractivity contribution in [2.24, 2.45) is 5.41 Å². The van der Waals surface area contributed by atoms with Gasteiger partial charge in [0.1, 0.15) is 5.75 Å². The molecule has 1 N–H and O–H groups in total. The Morgan fingerprint density at radius 2 is 2.09 bits per heavy atom. The molecule has 1 saturated carbocycles. The minimum absolute atomic E-state index is 0.00192. The SMILES string of the molecule is COCCn1cc(C2CC3(CCN2Cc2c(OC)cc(C)c4[nH]ccc24)CC(F)(F)C3)cn1. The Bertz CT molecular complexity index is 1130. The molecule has 1 saturated heterocycles. The van der Waals surface area contributed by atoms with Crippen molar-refractivity contribution in [1.82, 2.24) is 19.7 Å². The van der Waals surface area contributed by atoms with Crippen molar-refractivity contribution in [3.63, 3.8) is 0 Å². The van der Waals surface area contributed by atoms with Crippen LogP contribution in [0, 0.1) is 12.3 Å². The van der Waals surface area contributed by atoms with Crippen LogP contribution in [0.4, 0.5) is 8.78 Å². The fraction of sp³-hybridized carbons (Fsp3) is 0.560. The number of methoxy groups -OCH3 is 2. The Morgan fingerprint density at radius 1 is 1.27 bits per heavy atom. The van der Waals surface area contributed by atoms with Gasteiger partial charge in [-0.15, -0.1) is 0 Å². The van der Waals surface area contributed by atoms with E-state index in [-0.39, 0.29) is 24.3 Å². The lowest BCUT2D eigenvalue weighted by atomic mass is 9.59. The smallest absolute Gasteiger partial charge is 0.249 e. The molecule has 3 aromatic rings. The molecule has 3 heterocycles. The summed E-state index contributed by atoms with van der Waals surface area (Å²) in [5, 5.41) is 5.66. The van der Waals surface area contributed by atoms with Gasteiger partial charge in [-0.2, -0.15) is 5.10 Å². The van der Waals surface area contributed by atoms with Gasteiger partial charge in [0.25, 0.3) is 0 Å². The standard InChI is InChI=1S/C25H32F2N4O2/c1-17-10-22(33-3)20(19-4-6-28-23(17)19)14-30-7-5-24(15-25(26,27)16-24)11-21(30)18-12-29-31(13-18)8-9-32-2/h4,6,10,12-13,21,28H,5,7-9,11,14-16H2,1-3H3. The van der Waals surface area contributed by atoms with Gasteiger partial charge in [-0.1, -0.05) is 0 Å². The third kappa shape index (κ3) is 4.15. The van der Waals surface area contributed by atoms with Gasteiger partial charge in [0.2, 0.25) is 5.92 Å². The Labute approximate surface area is 192 Å². The molecule has 2 aromatic heterocycles. The first kappa shape index (κ1) is 22.3. The molecule has 0 radical (unpaired) electrons. The zero-order valence-electron chi connectivity index (χ0n) is 19.5. The lowest BCUT2D eigenvalue weighted by Gasteiger charge is -2.54. The molecule has 0 amide bonds. The maximum Gasteiger partial charge on any atom is 0.249 e. The third-order valence-corrected chi connectivity index (χ3v) is 7.52. The Hall–Kier alpha value is -2.45. The zero-order chi connectivity index (χ0) is 23.2. The van der Waals surface area contributed by atoms with E-state index in [0.29, 0.717) is 19.7 Å². The van der Waals surface area contributed by atoms with Crippen LogP contribution in [0.1, 0.15) is 48.4 Å². The number of H-pyrrole nitrogens is 1. The summed E-state index contributed by atoms with van der Waals surface area (Å²) in [4.78, 5) is 5.76. The molecular weight excluding hydrogens is 426 g/mol. The van der Waals surface area contributed by atoms with Crippen LogP contribution in [-0.4, -0.2) is 53.0 Å². The van der Waals surface area contributed by atoms with Crippen LogP contribution in [0.3, 0.4) is 0 Å². The van der Waals surface area contributed by atoms with Crippen molar-refractivity contribution in [3.8, 4) is 5.75 Å². The molecule has 5 rings (SSSR count). The van der Waals surface area contributed by atoms with Crippen LogP contribution < -0.4 is 4.74 Å². The van der Waals surface area contributed by atoms with E-state index in [0.717, 1.165) is 52.7 Å². The number of alkyl halides is 2. The second-order valence-electron chi connectivity index (χ2n) is 9.82. The minimum Gasteiger partial charge on any atom is -0.496 e. The maximum absolute atomic E-state index is 13.9. The van der Waals surface area contributed by atoms with Gasteiger partial charge in [0.15, 0.2) is 0 Å². The third-order valence-electron chi connectivity index (χ3n) is 7.52. The van der Waals surface area contributed by atoms with E-state index in [4.69, 9.17) is 9.47 Å². The van der Waals surface area contributed by atoms with Gasteiger partial charge in [0, 0.05) is 67.0 Å². The molecule has 1 spiro atoms. The van der Waals surface area contributed by atoms with Crippen molar-refractivity contribution < 1.29 is 18.3 Å². The highest BCUT2D eigenvalue weighted by molar-refractivity contribution is 5.88. The van der Waals surface area contributed by atoms with Gasteiger partial charge < -0.3 is 14.5 Å². The van der Waals surface area contributed by atoms with E-state index >= 15 is 0 Å². The molecule has 33 heavy (non-hydrogen) atoms. The van der Waals surface area contributed by atoms with Crippen LogP contribution in [0.15, 0.2) is 30.7 Å². The van der Waals surface area contributed by atoms with Crippen LogP contribution >= 0.6 is 0 Å². The average molecular weight is 459 g/mol. The fourth-order valence-electron chi connectivity index (χ4n) is 5.91. The number of nitrogens with one attached hydrogen (secondary N) is 1. The summed E-state index contributed by atoms with van der Waals surface area (Å²) >= 11 is 0. The molecule has 1 aromatic carbocycles. The highest BCUT2D eigenvalue weighted by atomic mass is 19.3. The number of piperidine rings is 1. The molecule has 1 aliphatic heterocycles. The summed E-state index contributed by atoms with van der Waals surface area (Å²) in [6, 6.07) is 4.20. The summed E-state index contributed by atoms with van der Waals surface area (Å²) in [6.07, 6.45) is 7.41. The minimum atomic E-state index is -2.52. The summed E-state index contributed by atoms with van der Waals surface area (Å²) in [5.74, 6) is -1.66. The summed E-state index contributed by atoms with van der Waals surface area (Å²) < 4.78 is 40.6. The molecule has 1 atom stereocenters. The number of halogens is 2. The number of likely N-dealkylation sites (tertiary alicyclic amines) is 1. The largest absolute Gasteiger partial charge is 0.496 e. The van der Waals surface area contributed by atoms with E-state index in [1.807, 2.05) is 23.3 Å². The average Bonchev–Trinajstić information content (AvgIpc) is 3.44. The summed E-state index contributed by atoms with van der Waals surface area (Å²) in [6.45, 7) is 4.79. The summed E-state index contributed by atoms with van der Waals surface area (Å²) in [7, 11) is 3.38. The van der Waals surface area contributed by atoms with Crippen molar-refractivity contribution in [2.45, 2.75) is 57.7 Å². The monoisotopic (exact) mass is 458 g/mol. The number of benzene rings is 1. The second kappa shape index (κ2) is 8.40. The van der Waals surface area contributed by atoms with Crippen molar-refractivity contribution in [2.75, 3.05) is 27.4 Å². The molecule has 6 nitrogen and oxygen atoms in total. The number of hydrogen-bond acceptors (Lipinski definition) is 4. The first-order valence-electron chi connectivity index (χ1n) is 11.6. The Morgan fingerprint density at radius 3 is 2.82 bits per heavy atom. The van der Waals surface area contributed by atoms with Gasteiger partial charge in [-0.05, 0) is 49.4 Å². The van der Waals surface area contributed by atoms with Crippen LogP contribution in [0.25, 0.3) is 10.9 Å². The lowest BCUT2D eigenvalue weighted by molar-refractivity contribution is -0.186. The number of ether oxygens (including phenoxy) is 2. The second-order valence-corrected chi connectivity index (χ2v) is 9.82. The van der Waals surface area contributed by atoms with Gasteiger partial charge in [-0.3, -0.25) is 9.58 Å². The quantitative estimate of drug-likeness (QED) is 0.537. The first-order chi connectivity index (χ1) is 15.8. The first-order valence-corrected chi connectivity index (χ1v) is 11.6. The van der Waals surface area contributed by atoms with E-state index < -0.39 is 5.92 Å². The molecule has 178 valence electrons. The van der Waals surface area contributed by atoms with E-state index in [1.54, 1.807) is 14.2 Å². The highest BCUT2D eigenvalue weighted by Crippen LogP contribution is 2.60. The van der Waals surface area contributed by atoms with Crippen LogP contribution in [-0.2, 0) is 17.8 Å². The Kier molecular flexibility index (Phi) is 5.69. The molecule has 1 aliphatic carbocycles. The van der Waals surface area contributed by atoms with E-state index in [2.05, 4.69) is 34.0 Å². The van der Waals surface area contributed by atoms with Crippen LogP contribution in [0.5, 0.6) is 5.75 Å². The van der Waals surface area contributed by atoms with Crippen molar-refractivity contribution in [1.29, 1.82) is 0 Å². The topological polar surface area (TPSA) is 55.3 Å². The molecule has 0 bridgehead atoms. The van der Waals surface area contributed by atoms with E-state index in [9.17, 15) is 8.78 Å². The van der Waals surface area contributed by atoms with Gasteiger partial charge >= 0.3 is 0 Å². The number of aromatic amines is 1. The number of aromatic nitrogens is 3. The number of aryl methyl sites for hydroxylation is 1. The number of hydrogen-bond donors (Lipinski definition) is 1. The fourth-order valence-corrected chi connectivity index (χ4v) is 5.91. The predicted octanol–water partition coefficient (Wildman–Crippen LogP) is 5.08. The van der Waals surface area contributed by atoms with Crippen molar-refractivity contribution >= 4 is 10.9 Å². The number of fused-ring (bicyclic) bond motifs is 1. The molecule has 2 aliphatic rings. The maximum atomic E-state index is 13.9. The Balaban J connectivity index is 1.47. The van der Waals surface area contributed by atoms with E-state index in [1.165, 1.54) is 0 Å². The normalized spacial score (nSPS) is 22.0. The highest BCUT2D eigenvalue weighted by Gasteiger charge is 2.58. The van der Waals surface area contributed by atoms with Crippen molar-refractivity contribution in [3.05, 3.63) is 47.4 Å². The number of rotatable bonds is 7. The molecular formula is C25H32F2N4O2. The van der Waals surface area contributed by atoms with Gasteiger partial charge in [-0.25, -0.2) is 8.78 Å². The zero-order valence-corrected chi connectivity index (χ0v) is 19.5. The summed E-state index contributed by atoms with van der Waals surface area (Å²) in [5.41, 5.74) is 4.19. The molecule has 1 unspecified atom stereocenters. The lowest BCUT2D eigenvalue weighted by Crippen LogP contribution is -2.53. The number of nitrogens with zero attached hydrogens (tertiary/aromatic N) is 3. The molecule has 8 heteroatoms. The predicted molar refractivity (Wildman–Crippen MR) is 123 cm³/mol.